The van der Waals surface area contributed by atoms with Crippen LogP contribution in [0.25, 0.3) is 0 Å². The summed E-state index contributed by atoms with van der Waals surface area (Å²) < 4.78 is 10.5. The predicted molar refractivity (Wildman–Crippen MR) is 116 cm³/mol. The molecule has 172 valence electrons. The van der Waals surface area contributed by atoms with Crippen molar-refractivity contribution in [3.8, 4) is 5.75 Å². The molecule has 1 aliphatic rings. The summed E-state index contributed by atoms with van der Waals surface area (Å²) in [7, 11) is 0. The number of rotatable bonds is 5. The molecule has 2 aromatic rings. The third-order valence-electron chi connectivity index (χ3n) is 4.42. The molecule has 2 amide bonds. The number of aliphatic carboxylic acids is 1. The van der Waals surface area contributed by atoms with Crippen LogP contribution in [0.5, 0.6) is 5.75 Å². The molecule has 5 atom stereocenters. The minimum atomic E-state index is -1.86. The molecule has 2 aromatic carbocycles. The second-order valence-corrected chi connectivity index (χ2v) is 7.93. The minimum absolute atomic E-state index is 0.0451. The number of hydrogen-bond donors (Lipinski definition) is 6. The van der Waals surface area contributed by atoms with E-state index in [-0.39, 0.29) is 21.5 Å². The van der Waals surface area contributed by atoms with Gasteiger partial charge in [-0.2, -0.15) is 0 Å². The van der Waals surface area contributed by atoms with Gasteiger partial charge in [0.25, 0.3) is 0 Å². The SMILES string of the molecule is O=C(Nc1ccc(Cl)c(Cl)c1)Nc1ccc(Cl)c(OC2O[C@H](C(=O)O)[C@@H](O)[C@H](O)[C@H]2O)c1. The maximum absolute atomic E-state index is 12.3. The van der Waals surface area contributed by atoms with Gasteiger partial charge in [-0.15, -0.1) is 0 Å². The zero-order valence-electron chi connectivity index (χ0n) is 15.9. The van der Waals surface area contributed by atoms with Gasteiger partial charge in [-0.1, -0.05) is 34.8 Å². The lowest BCUT2D eigenvalue weighted by atomic mass is 9.99. The number of halogens is 3. The molecule has 0 saturated carbocycles. The van der Waals surface area contributed by atoms with Crippen LogP contribution in [0.4, 0.5) is 16.2 Å². The number of carboxylic acids is 1. The fraction of sp³-hybridized carbons (Fsp3) is 0.263. The summed E-state index contributed by atoms with van der Waals surface area (Å²) in [6.45, 7) is 0. The first-order valence-electron chi connectivity index (χ1n) is 8.98. The van der Waals surface area contributed by atoms with Gasteiger partial charge in [0.1, 0.15) is 24.1 Å². The molecule has 0 spiro atoms. The maximum atomic E-state index is 12.3. The lowest BCUT2D eigenvalue weighted by molar-refractivity contribution is -0.271. The van der Waals surface area contributed by atoms with Crippen molar-refractivity contribution >= 4 is 58.2 Å². The van der Waals surface area contributed by atoms with E-state index in [4.69, 9.17) is 49.4 Å². The summed E-state index contributed by atoms with van der Waals surface area (Å²) in [5.41, 5.74) is 0.607. The second kappa shape index (κ2) is 10.1. The maximum Gasteiger partial charge on any atom is 0.335 e. The van der Waals surface area contributed by atoms with E-state index in [9.17, 15) is 24.9 Å². The van der Waals surface area contributed by atoms with E-state index in [2.05, 4.69) is 10.6 Å². The molecule has 0 aromatic heterocycles. The largest absolute Gasteiger partial charge is 0.479 e. The number of benzene rings is 2. The fourth-order valence-corrected chi connectivity index (χ4v) is 3.27. The summed E-state index contributed by atoms with van der Waals surface area (Å²) >= 11 is 17.8. The lowest BCUT2D eigenvalue weighted by Crippen LogP contribution is -2.61. The number of amides is 2. The number of aliphatic hydroxyl groups excluding tert-OH is 3. The van der Waals surface area contributed by atoms with Crippen LogP contribution in [0.1, 0.15) is 0 Å². The van der Waals surface area contributed by atoms with Crippen molar-refractivity contribution in [2.45, 2.75) is 30.7 Å². The Kier molecular flexibility index (Phi) is 7.67. The highest BCUT2D eigenvalue weighted by Gasteiger charge is 2.48. The number of carboxylic acid groups (broad SMARTS) is 1. The minimum Gasteiger partial charge on any atom is -0.479 e. The molecule has 0 radical (unpaired) electrons. The van der Waals surface area contributed by atoms with Crippen LogP contribution in [0.15, 0.2) is 36.4 Å². The van der Waals surface area contributed by atoms with Crippen molar-refractivity contribution in [1.82, 2.24) is 0 Å². The number of aliphatic hydroxyl groups is 3. The third kappa shape index (κ3) is 5.54. The normalized spacial score (nSPS) is 25.1. The van der Waals surface area contributed by atoms with Gasteiger partial charge < -0.3 is 40.5 Å². The molecular formula is C19H17Cl3N2O8. The summed E-state index contributed by atoms with van der Waals surface area (Å²) in [5, 5.41) is 44.6. The van der Waals surface area contributed by atoms with Gasteiger partial charge in [0.15, 0.2) is 6.10 Å². The number of anilines is 2. The number of carbonyl (C=O) groups is 2. The molecule has 1 fully saturated rings. The van der Waals surface area contributed by atoms with Gasteiger partial charge in [-0.3, -0.25) is 0 Å². The lowest BCUT2D eigenvalue weighted by Gasteiger charge is -2.38. The molecule has 32 heavy (non-hydrogen) atoms. The molecule has 1 aliphatic heterocycles. The Hall–Kier alpha value is -2.31. The van der Waals surface area contributed by atoms with Crippen LogP contribution in [0.3, 0.4) is 0 Å². The molecule has 13 heteroatoms. The number of ether oxygens (including phenoxy) is 2. The zero-order valence-corrected chi connectivity index (χ0v) is 18.2. The second-order valence-electron chi connectivity index (χ2n) is 6.71. The number of urea groups is 1. The highest BCUT2D eigenvalue weighted by Crippen LogP contribution is 2.32. The average Bonchev–Trinajstić information content (AvgIpc) is 2.73. The first-order chi connectivity index (χ1) is 15.1. The van der Waals surface area contributed by atoms with Crippen molar-refractivity contribution in [3.05, 3.63) is 51.5 Å². The fourth-order valence-electron chi connectivity index (χ4n) is 2.81. The van der Waals surface area contributed by atoms with Gasteiger partial charge in [-0.05, 0) is 30.3 Å². The Labute approximate surface area is 196 Å². The molecule has 3 rings (SSSR count). The third-order valence-corrected chi connectivity index (χ3v) is 5.47. The van der Waals surface area contributed by atoms with Crippen molar-refractivity contribution in [1.29, 1.82) is 0 Å². The van der Waals surface area contributed by atoms with E-state index >= 15 is 0 Å². The van der Waals surface area contributed by atoms with Gasteiger partial charge in [0.05, 0.1) is 15.1 Å². The smallest absolute Gasteiger partial charge is 0.335 e. The van der Waals surface area contributed by atoms with Crippen molar-refractivity contribution in [3.63, 3.8) is 0 Å². The van der Waals surface area contributed by atoms with Crippen LogP contribution in [0.2, 0.25) is 15.1 Å². The first kappa shape index (κ1) is 24.3. The Morgan fingerprint density at radius 3 is 2.03 bits per heavy atom. The van der Waals surface area contributed by atoms with Crippen LogP contribution in [0, 0.1) is 0 Å². The van der Waals surface area contributed by atoms with Crippen LogP contribution >= 0.6 is 34.8 Å². The van der Waals surface area contributed by atoms with Crippen LogP contribution in [-0.2, 0) is 9.53 Å². The van der Waals surface area contributed by atoms with E-state index in [0.717, 1.165) is 0 Å². The summed E-state index contributed by atoms with van der Waals surface area (Å²) in [4.78, 5) is 23.5. The van der Waals surface area contributed by atoms with E-state index in [1.165, 1.54) is 30.3 Å². The standard InChI is InChI=1S/C19H17Cl3N2O8/c20-9-3-1-7(5-11(9)22)23-19(30)24-8-2-4-10(21)12(6-8)31-18-15(27)13(25)14(26)16(32-18)17(28)29/h1-6,13-16,18,25-27H,(H,28,29)(H2,23,24,30)/t13-,14-,15+,16-,18?/m0/s1. The number of hydrogen-bond acceptors (Lipinski definition) is 7. The molecule has 1 unspecified atom stereocenters. The Bertz CT molecular complexity index is 1020. The molecular weight excluding hydrogens is 491 g/mol. The zero-order chi connectivity index (χ0) is 23.6. The van der Waals surface area contributed by atoms with E-state index < -0.39 is 42.7 Å². The van der Waals surface area contributed by atoms with E-state index in [0.29, 0.717) is 10.7 Å². The summed E-state index contributed by atoms with van der Waals surface area (Å²) in [6, 6.07) is 8.01. The molecule has 1 saturated heterocycles. The van der Waals surface area contributed by atoms with Gasteiger partial charge in [-0.25, -0.2) is 9.59 Å². The Morgan fingerprint density at radius 2 is 1.44 bits per heavy atom. The molecule has 0 bridgehead atoms. The molecule has 1 heterocycles. The Morgan fingerprint density at radius 1 is 0.844 bits per heavy atom. The summed E-state index contributed by atoms with van der Waals surface area (Å²) in [6.07, 6.45) is -8.98. The van der Waals surface area contributed by atoms with Gasteiger partial charge in [0, 0.05) is 17.4 Å². The summed E-state index contributed by atoms with van der Waals surface area (Å²) in [5.74, 6) is -1.65. The van der Waals surface area contributed by atoms with Crippen molar-refractivity contribution < 1.29 is 39.5 Å². The van der Waals surface area contributed by atoms with Gasteiger partial charge in [0.2, 0.25) is 6.29 Å². The van der Waals surface area contributed by atoms with Crippen LogP contribution in [-0.4, -0.2) is 63.1 Å². The highest BCUT2D eigenvalue weighted by atomic mass is 35.5. The number of nitrogens with one attached hydrogen (secondary N) is 2. The number of carbonyl (C=O) groups excluding carboxylic acids is 1. The van der Waals surface area contributed by atoms with Crippen LogP contribution < -0.4 is 15.4 Å². The quantitative estimate of drug-likeness (QED) is 0.360. The predicted octanol–water partition coefficient (Wildman–Crippen LogP) is 2.56. The molecule has 6 N–H and O–H groups in total. The highest BCUT2D eigenvalue weighted by molar-refractivity contribution is 6.42. The first-order valence-corrected chi connectivity index (χ1v) is 10.1. The molecule has 10 nitrogen and oxygen atoms in total. The van der Waals surface area contributed by atoms with Gasteiger partial charge >= 0.3 is 12.0 Å². The van der Waals surface area contributed by atoms with Crippen molar-refractivity contribution in [2.24, 2.45) is 0 Å². The monoisotopic (exact) mass is 506 g/mol. The van der Waals surface area contributed by atoms with Crippen molar-refractivity contribution in [2.75, 3.05) is 10.6 Å². The molecule has 0 aliphatic carbocycles. The topological polar surface area (TPSA) is 158 Å². The average molecular weight is 508 g/mol. The van der Waals surface area contributed by atoms with E-state index in [1.807, 2.05) is 0 Å². The Balaban J connectivity index is 1.71. The van der Waals surface area contributed by atoms with E-state index in [1.54, 1.807) is 6.07 Å².